The van der Waals surface area contributed by atoms with Crippen molar-refractivity contribution in [2.24, 2.45) is 0 Å². The van der Waals surface area contributed by atoms with Crippen LogP contribution in [0.1, 0.15) is 16.1 Å². The number of amides is 2. The first-order valence-electron chi connectivity index (χ1n) is 5.88. The second-order valence-electron chi connectivity index (χ2n) is 4.33. The van der Waals surface area contributed by atoms with Crippen molar-refractivity contribution in [1.29, 1.82) is 0 Å². The van der Waals surface area contributed by atoms with Crippen molar-refractivity contribution in [2.45, 2.75) is 20.8 Å². The molecule has 2 aromatic rings. The van der Waals surface area contributed by atoms with Crippen molar-refractivity contribution in [3.05, 3.63) is 39.4 Å². The summed E-state index contributed by atoms with van der Waals surface area (Å²) in [6.07, 6.45) is 0. The number of urea groups is 1. The van der Waals surface area contributed by atoms with E-state index in [2.05, 4.69) is 23.1 Å². The maximum atomic E-state index is 12.2. The van der Waals surface area contributed by atoms with Crippen molar-refractivity contribution in [2.75, 3.05) is 9.62 Å². The molecule has 1 heterocycles. The van der Waals surface area contributed by atoms with Crippen LogP contribution in [0.2, 0.25) is 5.02 Å². The van der Waals surface area contributed by atoms with E-state index in [9.17, 15) is 4.79 Å². The minimum Gasteiger partial charge on any atom is -0.282 e. The summed E-state index contributed by atoms with van der Waals surface area (Å²) in [7, 11) is 0. The Morgan fingerprint density at radius 3 is 2.70 bits per heavy atom. The zero-order chi connectivity index (χ0) is 14.9. The maximum absolute atomic E-state index is 12.2. The average molecular weight is 328 g/mol. The SMILES string of the molecule is Cc1ccc(Cl)cc1N(S)C(=O)Nc1nc(C)c(C)s1. The lowest BCUT2D eigenvalue weighted by Crippen LogP contribution is -2.27. The monoisotopic (exact) mass is 327 g/mol. The number of carbonyl (C=O) groups excluding carboxylic acids is 1. The molecule has 0 aliphatic rings. The summed E-state index contributed by atoms with van der Waals surface area (Å²) >= 11 is 11.6. The van der Waals surface area contributed by atoms with Crippen LogP contribution >= 0.6 is 35.8 Å². The molecule has 0 spiro atoms. The molecule has 0 bridgehead atoms. The van der Waals surface area contributed by atoms with E-state index in [1.165, 1.54) is 15.6 Å². The fourth-order valence-corrected chi connectivity index (χ4v) is 2.83. The molecule has 0 fully saturated rings. The van der Waals surface area contributed by atoms with Gasteiger partial charge in [-0.15, -0.1) is 11.3 Å². The largest absolute Gasteiger partial charge is 0.338 e. The average Bonchev–Trinajstić information content (AvgIpc) is 2.70. The molecule has 0 atom stereocenters. The summed E-state index contributed by atoms with van der Waals surface area (Å²) in [5.74, 6) is 0. The van der Waals surface area contributed by atoms with Crippen LogP contribution in [0.25, 0.3) is 0 Å². The molecule has 1 aromatic carbocycles. The summed E-state index contributed by atoms with van der Waals surface area (Å²) in [6, 6.07) is 4.94. The number of aromatic nitrogens is 1. The molecular formula is C13H14ClN3OS2. The first kappa shape index (κ1) is 15.2. The van der Waals surface area contributed by atoms with Gasteiger partial charge in [0.05, 0.1) is 11.4 Å². The number of nitrogens with zero attached hydrogens (tertiary/aromatic N) is 2. The molecule has 2 amide bonds. The van der Waals surface area contributed by atoms with Crippen LogP contribution in [0.15, 0.2) is 18.2 Å². The molecule has 7 heteroatoms. The third kappa shape index (κ3) is 3.26. The van der Waals surface area contributed by atoms with Crippen molar-refractivity contribution in [1.82, 2.24) is 4.98 Å². The molecule has 0 aliphatic heterocycles. The van der Waals surface area contributed by atoms with E-state index < -0.39 is 0 Å². The Labute approximate surface area is 132 Å². The van der Waals surface area contributed by atoms with E-state index >= 15 is 0 Å². The Morgan fingerprint density at radius 2 is 2.10 bits per heavy atom. The smallest absolute Gasteiger partial charge is 0.282 e. The van der Waals surface area contributed by atoms with E-state index in [0.717, 1.165) is 16.1 Å². The summed E-state index contributed by atoms with van der Waals surface area (Å²) in [5, 5.41) is 3.84. The van der Waals surface area contributed by atoms with Crippen LogP contribution in [0.4, 0.5) is 15.6 Å². The highest BCUT2D eigenvalue weighted by atomic mass is 35.5. The van der Waals surface area contributed by atoms with Crippen LogP contribution < -0.4 is 9.62 Å². The summed E-state index contributed by atoms with van der Waals surface area (Å²) in [5.41, 5.74) is 2.46. The molecular weight excluding hydrogens is 314 g/mol. The number of carbonyl (C=O) groups is 1. The molecule has 1 N–H and O–H groups in total. The van der Waals surface area contributed by atoms with Gasteiger partial charge in [0.15, 0.2) is 5.13 Å². The molecule has 4 nitrogen and oxygen atoms in total. The summed E-state index contributed by atoms with van der Waals surface area (Å²) in [6.45, 7) is 5.75. The lowest BCUT2D eigenvalue weighted by atomic mass is 10.2. The van der Waals surface area contributed by atoms with Gasteiger partial charge in [-0.3, -0.25) is 5.32 Å². The van der Waals surface area contributed by atoms with Gasteiger partial charge in [-0.1, -0.05) is 30.5 Å². The number of anilines is 2. The normalized spacial score (nSPS) is 10.4. The van der Waals surface area contributed by atoms with Gasteiger partial charge in [-0.25, -0.2) is 14.1 Å². The van der Waals surface area contributed by atoms with E-state index in [1.807, 2.05) is 26.8 Å². The lowest BCUT2D eigenvalue weighted by Gasteiger charge is -2.18. The number of thiol groups is 1. The van der Waals surface area contributed by atoms with Gasteiger partial charge in [-0.2, -0.15) is 0 Å². The molecule has 20 heavy (non-hydrogen) atoms. The lowest BCUT2D eigenvalue weighted by molar-refractivity contribution is 0.260. The first-order chi connectivity index (χ1) is 9.38. The molecule has 0 saturated carbocycles. The Balaban J connectivity index is 2.18. The van der Waals surface area contributed by atoms with Crippen molar-refractivity contribution < 1.29 is 4.79 Å². The predicted octanol–water partition coefficient (Wildman–Crippen LogP) is 4.61. The van der Waals surface area contributed by atoms with Gasteiger partial charge in [0, 0.05) is 9.90 Å². The zero-order valence-corrected chi connectivity index (χ0v) is 13.7. The predicted molar refractivity (Wildman–Crippen MR) is 88.3 cm³/mol. The number of hydrogen-bond acceptors (Lipinski definition) is 4. The third-order valence-electron chi connectivity index (χ3n) is 2.83. The Kier molecular flexibility index (Phi) is 4.57. The van der Waals surface area contributed by atoms with Crippen molar-refractivity contribution >= 4 is 52.6 Å². The highest BCUT2D eigenvalue weighted by molar-refractivity contribution is 7.82. The molecule has 0 unspecified atom stereocenters. The third-order valence-corrected chi connectivity index (χ3v) is 4.45. The number of rotatable bonds is 2. The van der Waals surface area contributed by atoms with Gasteiger partial charge in [-0.05, 0) is 38.5 Å². The van der Waals surface area contributed by atoms with Crippen LogP contribution in [0.5, 0.6) is 0 Å². The molecule has 0 saturated heterocycles. The number of nitrogens with one attached hydrogen (secondary N) is 1. The van der Waals surface area contributed by atoms with Crippen LogP contribution in [0, 0.1) is 20.8 Å². The summed E-state index contributed by atoms with van der Waals surface area (Å²) in [4.78, 5) is 17.5. The quantitative estimate of drug-likeness (QED) is 0.791. The second-order valence-corrected chi connectivity index (χ2v) is 6.37. The van der Waals surface area contributed by atoms with Gasteiger partial charge in [0.25, 0.3) is 0 Å². The second kappa shape index (κ2) is 6.03. The number of aryl methyl sites for hydroxylation is 3. The number of benzene rings is 1. The number of thiazole rings is 1. The topological polar surface area (TPSA) is 45.2 Å². The highest BCUT2D eigenvalue weighted by Gasteiger charge is 2.16. The van der Waals surface area contributed by atoms with Gasteiger partial charge >= 0.3 is 6.03 Å². The highest BCUT2D eigenvalue weighted by Crippen LogP contribution is 2.27. The van der Waals surface area contributed by atoms with Crippen LogP contribution in [0.3, 0.4) is 0 Å². The Bertz CT molecular complexity index is 638. The fourth-order valence-electron chi connectivity index (χ4n) is 1.59. The number of hydrogen-bond donors (Lipinski definition) is 2. The van der Waals surface area contributed by atoms with E-state index in [0.29, 0.717) is 15.8 Å². The molecule has 0 radical (unpaired) electrons. The van der Waals surface area contributed by atoms with Crippen LogP contribution in [-0.2, 0) is 0 Å². The van der Waals surface area contributed by atoms with Gasteiger partial charge in [0.1, 0.15) is 0 Å². The van der Waals surface area contributed by atoms with E-state index in [-0.39, 0.29) is 6.03 Å². The Hall–Kier alpha value is -1.24. The van der Waals surface area contributed by atoms with Crippen molar-refractivity contribution in [3.63, 3.8) is 0 Å². The summed E-state index contributed by atoms with van der Waals surface area (Å²) < 4.78 is 1.23. The maximum Gasteiger partial charge on any atom is 0.338 e. The molecule has 106 valence electrons. The van der Waals surface area contributed by atoms with E-state index in [4.69, 9.17) is 11.6 Å². The first-order valence-corrected chi connectivity index (χ1v) is 7.48. The minimum absolute atomic E-state index is 0.368. The molecule has 0 aliphatic carbocycles. The van der Waals surface area contributed by atoms with Crippen molar-refractivity contribution in [3.8, 4) is 0 Å². The fraction of sp³-hybridized carbons (Fsp3) is 0.231. The zero-order valence-electron chi connectivity index (χ0n) is 11.3. The van der Waals surface area contributed by atoms with Gasteiger partial charge < -0.3 is 0 Å². The molecule has 1 aromatic heterocycles. The standard InChI is InChI=1S/C13H14ClN3OS2/c1-7-4-5-10(14)6-11(7)17(19)13(18)16-12-15-8(2)9(3)20-12/h4-6,19H,1-3H3,(H,15,16,18). The molecule has 2 rings (SSSR count). The van der Waals surface area contributed by atoms with Gasteiger partial charge in [0.2, 0.25) is 0 Å². The minimum atomic E-state index is -0.368. The Morgan fingerprint density at radius 1 is 1.40 bits per heavy atom. The van der Waals surface area contributed by atoms with E-state index in [1.54, 1.807) is 12.1 Å². The van der Waals surface area contributed by atoms with Crippen LogP contribution in [-0.4, -0.2) is 11.0 Å². The number of halogens is 1.